The Morgan fingerprint density at radius 1 is 1.32 bits per heavy atom. The number of nitrogens with zero attached hydrogens (tertiary/aromatic N) is 3. The molecule has 0 radical (unpaired) electrons. The van der Waals surface area contributed by atoms with E-state index in [9.17, 15) is 10.1 Å². The summed E-state index contributed by atoms with van der Waals surface area (Å²) in [5, 5.41) is 12.2. The summed E-state index contributed by atoms with van der Waals surface area (Å²) >= 11 is 0. The number of benzene rings is 1. The van der Waals surface area contributed by atoms with Crippen LogP contribution in [0.15, 0.2) is 36.5 Å². The molecule has 0 atom stereocenters. The third-order valence-corrected chi connectivity index (χ3v) is 5.55. The van der Waals surface area contributed by atoms with E-state index in [4.69, 9.17) is 0 Å². The van der Waals surface area contributed by atoms with Crippen LogP contribution in [0.5, 0.6) is 0 Å². The maximum Gasteiger partial charge on any atom is 0.235 e. The first-order chi connectivity index (χ1) is 12.1. The van der Waals surface area contributed by atoms with Gasteiger partial charge in [0.25, 0.3) is 0 Å². The SMILES string of the molecule is Cc1cccnc1CN1CCC2(CC1)C(=O)Nc1ccc(C#N)cc12. The molecule has 5 heteroatoms. The topological polar surface area (TPSA) is 69.0 Å². The van der Waals surface area contributed by atoms with Crippen LogP contribution in [-0.4, -0.2) is 28.9 Å². The molecular formula is C20H20N4O. The molecule has 0 saturated carbocycles. The smallest absolute Gasteiger partial charge is 0.235 e. The first-order valence-corrected chi connectivity index (χ1v) is 8.61. The third kappa shape index (κ3) is 2.59. The first kappa shape index (κ1) is 15.8. The molecule has 5 nitrogen and oxygen atoms in total. The Labute approximate surface area is 147 Å². The van der Waals surface area contributed by atoms with Gasteiger partial charge in [0.05, 0.1) is 22.7 Å². The van der Waals surface area contributed by atoms with Crippen LogP contribution in [0.1, 0.15) is 35.2 Å². The van der Waals surface area contributed by atoms with Crippen molar-refractivity contribution >= 4 is 11.6 Å². The maximum absolute atomic E-state index is 12.7. The number of piperidine rings is 1. The minimum atomic E-state index is -0.488. The highest BCUT2D eigenvalue weighted by Crippen LogP contribution is 2.45. The molecule has 1 saturated heterocycles. The number of nitrogens with one attached hydrogen (secondary N) is 1. The predicted molar refractivity (Wildman–Crippen MR) is 94.9 cm³/mol. The van der Waals surface area contributed by atoms with Crippen molar-refractivity contribution in [1.29, 1.82) is 5.26 Å². The lowest BCUT2D eigenvalue weighted by Crippen LogP contribution is -2.46. The van der Waals surface area contributed by atoms with Crippen molar-refractivity contribution in [2.24, 2.45) is 0 Å². The van der Waals surface area contributed by atoms with Crippen molar-refractivity contribution in [3.8, 4) is 6.07 Å². The monoisotopic (exact) mass is 332 g/mol. The van der Waals surface area contributed by atoms with Crippen LogP contribution >= 0.6 is 0 Å². The van der Waals surface area contributed by atoms with Gasteiger partial charge in [-0.25, -0.2) is 0 Å². The van der Waals surface area contributed by atoms with E-state index < -0.39 is 5.41 Å². The minimum Gasteiger partial charge on any atom is -0.325 e. The van der Waals surface area contributed by atoms with Crippen molar-refractivity contribution in [1.82, 2.24) is 9.88 Å². The van der Waals surface area contributed by atoms with Crippen molar-refractivity contribution in [3.63, 3.8) is 0 Å². The summed E-state index contributed by atoms with van der Waals surface area (Å²) in [7, 11) is 0. The molecule has 1 N–H and O–H groups in total. The minimum absolute atomic E-state index is 0.0752. The van der Waals surface area contributed by atoms with Crippen LogP contribution in [0.25, 0.3) is 0 Å². The fourth-order valence-electron chi connectivity index (χ4n) is 3.97. The molecular weight excluding hydrogens is 312 g/mol. The van der Waals surface area contributed by atoms with Crippen molar-refractivity contribution in [2.75, 3.05) is 18.4 Å². The van der Waals surface area contributed by atoms with Gasteiger partial charge in [-0.15, -0.1) is 0 Å². The quantitative estimate of drug-likeness (QED) is 0.918. The second-order valence-corrected chi connectivity index (χ2v) is 6.95. The van der Waals surface area contributed by atoms with Crippen LogP contribution in [0, 0.1) is 18.3 Å². The van der Waals surface area contributed by atoms with E-state index >= 15 is 0 Å². The van der Waals surface area contributed by atoms with Gasteiger partial charge < -0.3 is 5.32 Å². The van der Waals surface area contributed by atoms with E-state index in [-0.39, 0.29) is 5.91 Å². The molecule has 1 fully saturated rings. The van der Waals surface area contributed by atoms with Crippen molar-refractivity contribution in [2.45, 2.75) is 31.7 Å². The van der Waals surface area contributed by atoms with Gasteiger partial charge in [0.1, 0.15) is 0 Å². The lowest BCUT2D eigenvalue weighted by Gasteiger charge is -2.38. The van der Waals surface area contributed by atoms with E-state index in [0.29, 0.717) is 5.56 Å². The fourth-order valence-corrected chi connectivity index (χ4v) is 3.97. The largest absolute Gasteiger partial charge is 0.325 e. The van der Waals surface area contributed by atoms with E-state index in [2.05, 4.69) is 34.3 Å². The Morgan fingerprint density at radius 3 is 2.84 bits per heavy atom. The average molecular weight is 332 g/mol. The van der Waals surface area contributed by atoms with Crippen LogP contribution in [-0.2, 0) is 16.8 Å². The average Bonchev–Trinajstić information content (AvgIpc) is 2.90. The second-order valence-electron chi connectivity index (χ2n) is 6.95. The van der Waals surface area contributed by atoms with Crippen molar-refractivity contribution in [3.05, 3.63) is 58.9 Å². The first-order valence-electron chi connectivity index (χ1n) is 8.61. The van der Waals surface area contributed by atoms with Gasteiger partial charge in [-0.3, -0.25) is 14.7 Å². The maximum atomic E-state index is 12.7. The molecule has 126 valence electrons. The fraction of sp³-hybridized carbons (Fsp3) is 0.350. The molecule has 1 aromatic carbocycles. The number of anilines is 1. The van der Waals surface area contributed by atoms with Crippen molar-refractivity contribution < 1.29 is 4.79 Å². The Kier molecular flexibility index (Phi) is 3.78. The molecule has 25 heavy (non-hydrogen) atoms. The van der Waals surface area contributed by atoms with E-state index in [1.54, 1.807) is 6.07 Å². The summed E-state index contributed by atoms with van der Waals surface area (Å²) in [6, 6.07) is 11.7. The number of carbonyl (C=O) groups is 1. The number of pyridine rings is 1. The van der Waals surface area contributed by atoms with E-state index in [1.165, 1.54) is 5.56 Å². The number of fused-ring (bicyclic) bond motifs is 2. The van der Waals surface area contributed by atoms with Gasteiger partial charge in [0, 0.05) is 18.4 Å². The highest BCUT2D eigenvalue weighted by molar-refractivity contribution is 6.06. The number of carbonyl (C=O) groups excluding carboxylic acids is 1. The van der Waals surface area contributed by atoms with Gasteiger partial charge in [0.2, 0.25) is 5.91 Å². The highest BCUT2D eigenvalue weighted by atomic mass is 16.2. The highest BCUT2D eigenvalue weighted by Gasteiger charge is 2.48. The Bertz CT molecular complexity index is 876. The van der Waals surface area contributed by atoms with Gasteiger partial charge in [-0.1, -0.05) is 6.07 Å². The number of aryl methyl sites for hydroxylation is 1. The number of rotatable bonds is 2. The number of amides is 1. The van der Waals surface area contributed by atoms with Gasteiger partial charge in [-0.2, -0.15) is 5.26 Å². The molecule has 4 rings (SSSR count). The van der Waals surface area contributed by atoms with Gasteiger partial charge in [0.15, 0.2) is 0 Å². The summed E-state index contributed by atoms with van der Waals surface area (Å²) < 4.78 is 0. The second kappa shape index (κ2) is 5.98. The lowest BCUT2D eigenvalue weighted by molar-refractivity contribution is -0.122. The zero-order valence-corrected chi connectivity index (χ0v) is 14.2. The number of hydrogen-bond acceptors (Lipinski definition) is 4. The van der Waals surface area contributed by atoms with Crippen LogP contribution in [0.3, 0.4) is 0 Å². The van der Waals surface area contributed by atoms with Gasteiger partial charge in [-0.05, 0) is 68.2 Å². The standard InChI is InChI=1S/C20H20N4O/c1-14-3-2-8-22-18(14)13-24-9-6-20(7-10-24)16-11-15(12-21)4-5-17(16)23-19(20)25/h2-5,8,11H,6-7,9-10,13H2,1H3,(H,23,25). The van der Waals surface area contributed by atoms with Crippen LogP contribution < -0.4 is 5.32 Å². The lowest BCUT2D eigenvalue weighted by atomic mass is 9.73. The summed E-state index contributed by atoms with van der Waals surface area (Å²) in [6.45, 7) is 4.59. The number of aromatic nitrogens is 1. The molecule has 0 unspecified atom stereocenters. The summed E-state index contributed by atoms with van der Waals surface area (Å²) in [6.07, 6.45) is 3.37. The third-order valence-electron chi connectivity index (χ3n) is 5.55. The summed E-state index contributed by atoms with van der Waals surface area (Å²) in [5.74, 6) is 0.0752. The molecule has 1 amide bonds. The number of likely N-dealkylation sites (tertiary alicyclic amines) is 1. The molecule has 0 bridgehead atoms. The Morgan fingerprint density at radius 2 is 2.12 bits per heavy atom. The molecule has 3 heterocycles. The normalized spacial score (nSPS) is 18.6. The van der Waals surface area contributed by atoms with Crippen LogP contribution in [0.4, 0.5) is 5.69 Å². The zero-order chi connectivity index (χ0) is 17.4. The molecule has 1 spiro atoms. The number of nitriles is 1. The summed E-state index contributed by atoms with van der Waals surface area (Å²) in [4.78, 5) is 19.5. The molecule has 2 aromatic rings. The predicted octanol–water partition coefficient (Wildman–Crippen LogP) is 2.75. The molecule has 1 aromatic heterocycles. The molecule has 2 aliphatic rings. The van der Waals surface area contributed by atoms with Crippen LogP contribution in [0.2, 0.25) is 0 Å². The van der Waals surface area contributed by atoms with Gasteiger partial charge >= 0.3 is 0 Å². The molecule has 0 aliphatic carbocycles. The van der Waals surface area contributed by atoms with E-state index in [0.717, 1.165) is 49.4 Å². The Balaban J connectivity index is 1.55. The van der Waals surface area contributed by atoms with E-state index in [1.807, 2.05) is 24.4 Å². The number of hydrogen-bond donors (Lipinski definition) is 1. The molecule has 2 aliphatic heterocycles. The Hall–Kier alpha value is -2.71. The summed E-state index contributed by atoms with van der Waals surface area (Å²) in [5.41, 5.74) is 4.27. The zero-order valence-electron chi connectivity index (χ0n) is 14.2.